The van der Waals surface area contributed by atoms with Crippen molar-refractivity contribution in [3.63, 3.8) is 0 Å². The van der Waals surface area contributed by atoms with Gasteiger partial charge in [-0.3, -0.25) is 0 Å². The summed E-state index contributed by atoms with van der Waals surface area (Å²) in [6.07, 6.45) is -3.14. The Morgan fingerprint density at radius 1 is 1.29 bits per heavy atom. The van der Waals surface area contributed by atoms with Gasteiger partial charge in [0.15, 0.2) is 0 Å². The van der Waals surface area contributed by atoms with Crippen molar-refractivity contribution in [1.29, 1.82) is 0 Å². The van der Waals surface area contributed by atoms with Gasteiger partial charge in [0.2, 0.25) is 0 Å². The maximum atomic E-state index is 12.3. The molecule has 0 saturated heterocycles. The second-order valence-corrected chi connectivity index (χ2v) is 4.58. The summed E-state index contributed by atoms with van der Waals surface area (Å²) in [7, 11) is 0. The third-order valence-corrected chi connectivity index (χ3v) is 3.00. The molecule has 1 aromatic carbocycles. The molecule has 0 amide bonds. The molecular weight excluding hydrogens is 283 g/mol. The van der Waals surface area contributed by atoms with E-state index >= 15 is 0 Å². The van der Waals surface area contributed by atoms with E-state index in [2.05, 4.69) is 10.1 Å². The average molecular weight is 299 g/mol. The zero-order chi connectivity index (χ0) is 15.5. The summed E-state index contributed by atoms with van der Waals surface area (Å²) in [4.78, 5) is 0. The predicted molar refractivity (Wildman–Crippen MR) is 72.1 cm³/mol. The monoisotopic (exact) mass is 299 g/mol. The number of benzene rings is 1. The number of hydrogen-bond donors (Lipinski definition) is 1. The second kappa shape index (κ2) is 6.22. The highest BCUT2D eigenvalue weighted by molar-refractivity contribution is 5.36. The highest BCUT2D eigenvalue weighted by Crippen LogP contribution is 2.30. The van der Waals surface area contributed by atoms with Crippen LogP contribution in [-0.2, 0) is 0 Å². The molecule has 2 rings (SSSR count). The SMILES string of the molecule is CCNC(c1cccc(OC(F)(F)F)c1)c1occc1C. The molecule has 1 unspecified atom stereocenters. The molecule has 1 N–H and O–H groups in total. The van der Waals surface area contributed by atoms with Gasteiger partial charge in [-0.05, 0) is 42.8 Å². The Bertz CT molecular complexity index is 593. The number of nitrogens with one attached hydrogen (secondary N) is 1. The highest BCUT2D eigenvalue weighted by Gasteiger charge is 2.31. The molecule has 0 fully saturated rings. The third-order valence-electron chi connectivity index (χ3n) is 3.00. The van der Waals surface area contributed by atoms with E-state index in [0.29, 0.717) is 17.9 Å². The highest BCUT2D eigenvalue weighted by atomic mass is 19.4. The molecule has 6 heteroatoms. The van der Waals surface area contributed by atoms with Crippen molar-refractivity contribution in [2.75, 3.05) is 6.54 Å². The van der Waals surface area contributed by atoms with Crippen molar-refractivity contribution in [3.05, 3.63) is 53.5 Å². The third kappa shape index (κ3) is 4.01. The van der Waals surface area contributed by atoms with Crippen LogP contribution in [0.5, 0.6) is 5.75 Å². The van der Waals surface area contributed by atoms with Crippen LogP contribution >= 0.6 is 0 Å². The van der Waals surface area contributed by atoms with Gasteiger partial charge in [-0.15, -0.1) is 13.2 Å². The Kier molecular flexibility index (Phi) is 4.57. The summed E-state index contributed by atoms with van der Waals surface area (Å²) < 4.78 is 46.3. The van der Waals surface area contributed by atoms with E-state index in [1.54, 1.807) is 12.3 Å². The van der Waals surface area contributed by atoms with Crippen LogP contribution in [0.15, 0.2) is 41.0 Å². The van der Waals surface area contributed by atoms with Gasteiger partial charge in [0.25, 0.3) is 0 Å². The first-order valence-corrected chi connectivity index (χ1v) is 6.54. The molecule has 21 heavy (non-hydrogen) atoms. The maximum Gasteiger partial charge on any atom is 0.573 e. The number of ether oxygens (including phenoxy) is 1. The Morgan fingerprint density at radius 3 is 2.62 bits per heavy atom. The van der Waals surface area contributed by atoms with Crippen molar-refractivity contribution < 1.29 is 22.3 Å². The van der Waals surface area contributed by atoms with Gasteiger partial charge in [0.1, 0.15) is 11.5 Å². The van der Waals surface area contributed by atoms with Crippen molar-refractivity contribution >= 4 is 0 Å². The van der Waals surface area contributed by atoms with Crippen molar-refractivity contribution in [1.82, 2.24) is 5.32 Å². The molecular formula is C15H16F3NO2. The molecule has 1 atom stereocenters. The molecule has 0 aliphatic rings. The largest absolute Gasteiger partial charge is 0.573 e. The van der Waals surface area contributed by atoms with E-state index in [4.69, 9.17) is 4.42 Å². The summed E-state index contributed by atoms with van der Waals surface area (Å²) in [5, 5.41) is 3.20. The molecule has 1 heterocycles. The fourth-order valence-corrected chi connectivity index (χ4v) is 2.14. The predicted octanol–water partition coefficient (Wildman–Crippen LogP) is 4.19. The van der Waals surface area contributed by atoms with Crippen LogP contribution < -0.4 is 10.1 Å². The fraction of sp³-hybridized carbons (Fsp3) is 0.333. The molecule has 0 bridgehead atoms. The van der Waals surface area contributed by atoms with E-state index in [0.717, 1.165) is 5.56 Å². The number of furan rings is 1. The summed E-state index contributed by atoms with van der Waals surface area (Å²) >= 11 is 0. The molecule has 0 aliphatic heterocycles. The molecule has 0 saturated carbocycles. The smallest absolute Gasteiger partial charge is 0.467 e. The van der Waals surface area contributed by atoms with E-state index in [1.165, 1.54) is 18.2 Å². The van der Waals surface area contributed by atoms with Gasteiger partial charge in [-0.2, -0.15) is 0 Å². The Hall–Kier alpha value is -1.95. The van der Waals surface area contributed by atoms with Crippen molar-refractivity contribution in [2.24, 2.45) is 0 Å². The number of hydrogen-bond acceptors (Lipinski definition) is 3. The minimum absolute atomic E-state index is 0.243. The molecule has 1 aromatic heterocycles. The average Bonchev–Trinajstić information content (AvgIpc) is 2.80. The number of halogens is 3. The molecule has 2 aromatic rings. The number of rotatable bonds is 5. The zero-order valence-electron chi connectivity index (χ0n) is 11.7. The first-order valence-electron chi connectivity index (χ1n) is 6.54. The van der Waals surface area contributed by atoms with Crippen LogP contribution in [0.25, 0.3) is 0 Å². The lowest BCUT2D eigenvalue weighted by Gasteiger charge is -2.18. The van der Waals surface area contributed by atoms with Crippen molar-refractivity contribution in [3.8, 4) is 5.75 Å². The van der Waals surface area contributed by atoms with E-state index < -0.39 is 6.36 Å². The summed E-state index contributed by atoms with van der Waals surface area (Å²) in [6, 6.07) is 7.40. The van der Waals surface area contributed by atoms with Gasteiger partial charge in [-0.1, -0.05) is 19.1 Å². The van der Waals surface area contributed by atoms with Gasteiger partial charge in [0, 0.05) is 0 Å². The van der Waals surface area contributed by atoms with Crippen molar-refractivity contribution in [2.45, 2.75) is 26.3 Å². The first kappa shape index (κ1) is 15.4. The number of alkyl halides is 3. The molecule has 0 aliphatic carbocycles. The normalized spacial score (nSPS) is 13.2. The standard InChI is InChI=1S/C15H16F3NO2/c1-3-19-13(14-10(2)7-8-20-14)11-5-4-6-12(9-11)21-15(16,17)18/h4-9,13,19H,3H2,1-2H3. The van der Waals surface area contributed by atoms with E-state index in [9.17, 15) is 13.2 Å². The van der Waals surface area contributed by atoms with Crippen LogP contribution in [0.2, 0.25) is 0 Å². The minimum atomic E-state index is -4.70. The van der Waals surface area contributed by atoms with E-state index in [1.807, 2.05) is 19.9 Å². The second-order valence-electron chi connectivity index (χ2n) is 4.58. The van der Waals surface area contributed by atoms with Crippen LogP contribution in [0, 0.1) is 6.92 Å². The summed E-state index contributed by atoms with van der Waals surface area (Å²) in [6.45, 7) is 4.45. The van der Waals surface area contributed by atoms with Gasteiger partial charge in [-0.25, -0.2) is 0 Å². The lowest BCUT2D eigenvalue weighted by Crippen LogP contribution is -2.22. The molecule has 0 spiro atoms. The maximum absolute atomic E-state index is 12.3. The Balaban J connectivity index is 2.33. The van der Waals surface area contributed by atoms with E-state index in [-0.39, 0.29) is 11.8 Å². The lowest BCUT2D eigenvalue weighted by atomic mass is 10.0. The van der Waals surface area contributed by atoms with Gasteiger partial charge >= 0.3 is 6.36 Å². The topological polar surface area (TPSA) is 34.4 Å². The number of aryl methyl sites for hydroxylation is 1. The van der Waals surface area contributed by atoms with Crippen LogP contribution in [0.3, 0.4) is 0 Å². The lowest BCUT2D eigenvalue weighted by molar-refractivity contribution is -0.274. The zero-order valence-corrected chi connectivity index (χ0v) is 11.7. The quantitative estimate of drug-likeness (QED) is 0.899. The minimum Gasteiger partial charge on any atom is -0.467 e. The Labute approximate surface area is 120 Å². The van der Waals surface area contributed by atoms with Gasteiger partial charge < -0.3 is 14.5 Å². The van der Waals surface area contributed by atoms with Gasteiger partial charge in [0.05, 0.1) is 12.3 Å². The molecule has 3 nitrogen and oxygen atoms in total. The molecule has 114 valence electrons. The Morgan fingerprint density at radius 2 is 2.05 bits per heavy atom. The first-order chi connectivity index (χ1) is 9.90. The molecule has 0 radical (unpaired) electrons. The van der Waals surface area contributed by atoms with Crippen LogP contribution in [-0.4, -0.2) is 12.9 Å². The van der Waals surface area contributed by atoms with Crippen LogP contribution in [0.4, 0.5) is 13.2 Å². The summed E-state index contributed by atoms with van der Waals surface area (Å²) in [5.74, 6) is 0.438. The summed E-state index contributed by atoms with van der Waals surface area (Å²) in [5.41, 5.74) is 1.58. The van der Waals surface area contributed by atoms with Crippen LogP contribution in [0.1, 0.15) is 29.9 Å². The fourth-order valence-electron chi connectivity index (χ4n) is 2.14.